The molecule has 0 aliphatic carbocycles. The molecule has 0 spiro atoms. The number of halogens is 3. The summed E-state index contributed by atoms with van der Waals surface area (Å²) in [6, 6.07) is 0. The highest BCUT2D eigenvalue weighted by Crippen LogP contribution is 2.49. The summed E-state index contributed by atoms with van der Waals surface area (Å²) in [5, 5.41) is 0. The number of hydrogen-bond acceptors (Lipinski definition) is 0. The maximum absolute atomic E-state index is 12.8. The van der Waals surface area contributed by atoms with Crippen LogP contribution < -0.4 is 0 Å². The molecule has 0 saturated carbocycles. The van der Waals surface area contributed by atoms with Crippen molar-refractivity contribution in [1.82, 2.24) is 0 Å². The molecule has 1 unspecified atom stereocenters. The maximum Gasteiger partial charge on any atom is 0.392 e. The first-order chi connectivity index (χ1) is 6.92. The molecule has 98 valence electrons. The maximum atomic E-state index is 12.8. The summed E-state index contributed by atoms with van der Waals surface area (Å²) in [4.78, 5) is 0. The summed E-state index contributed by atoms with van der Waals surface area (Å²) >= 11 is 0. The Bertz CT molecular complexity index is 206. The van der Waals surface area contributed by atoms with E-state index in [2.05, 4.69) is 0 Å². The van der Waals surface area contributed by atoms with Crippen molar-refractivity contribution in [2.75, 3.05) is 0 Å². The molecule has 0 amide bonds. The summed E-state index contributed by atoms with van der Waals surface area (Å²) < 4.78 is 38.5. The molecule has 0 aliphatic rings. The standard InChI is InChI=1S/C13H25F3/c1-8(2)11(9(3)4)12(6,7)10(5)13(14,15)16/h8-11H,1-7H3. The third kappa shape index (κ3) is 3.39. The minimum absolute atomic E-state index is 0.0733. The first-order valence-electron chi connectivity index (χ1n) is 5.99. The van der Waals surface area contributed by atoms with E-state index in [9.17, 15) is 13.2 Å². The Balaban J connectivity index is 5.14. The quantitative estimate of drug-likeness (QED) is 0.636. The summed E-state index contributed by atoms with van der Waals surface area (Å²) in [6.07, 6.45) is -4.11. The van der Waals surface area contributed by atoms with Crippen molar-refractivity contribution in [3.63, 3.8) is 0 Å². The van der Waals surface area contributed by atoms with Gasteiger partial charge in [0.2, 0.25) is 0 Å². The molecule has 0 aromatic carbocycles. The van der Waals surface area contributed by atoms with E-state index in [-0.39, 0.29) is 17.8 Å². The lowest BCUT2D eigenvalue weighted by Gasteiger charge is -2.44. The van der Waals surface area contributed by atoms with E-state index < -0.39 is 17.5 Å². The van der Waals surface area contributed by atoms with Gasteiger partial charge in [0.15, 0.2) is 0 Å². The van der Waals surface area contributed by atoms with Crippen LogP contribution in [0.25, 0.3) is 0 Å². The van der Waals surface area contributed by atoms with Crippen LogP contribution in [0, 0.1) is 29.1 Å². The number of alkyl halides is 3. The fourth-order valence-electron chi connectivity index (χ4n) is 3.20. The summed E-state index contributed by atoms with van der Waals surface area (Å²) in [5.41, 5.74) is -0.722. The molecule has 16 heavy (non-hydrogen) atoms. The zero-order chi connectivity index (χ0) is 13.3. The van der Waals surface area contributed by atoms with Crippen LogP contribution in [-0.4, -0.2) is 6.18 Å². The SMILES string of the molecule is CC(C)C(C(C)C)C(C)(C)C(C)C(F)(F)F. The highest BCUT2D eigenvalue weighted by atomic mass is 19.4. The molecular weight excluding hydrogens is 213 g/mol. The molecule has 0 nitrogen and oxygen atoms in total. The van der Waals surface area contributed by atoms with Crippen LogP contribution in [0.1, 0.15) is 48.5 Å². The van der Waals surface area contributed by atoms with Gasteiger partial charge in [-0.1, -0.05) is 48.5 Å². The lowest BCUT2D eigenvalue weighted by atomic mass is 9.62. The summed E-state index contributed by atoms with van der Waals surface area (Å²) in [5.74, 6) is -0.668. The molecule has 0 heterocycles. The molecule has 1 atom stereocenters. The molecule has 0 rings (SSSR count). The normalized spacial score (nSPS) is 16.3. The van der Waals surface area contributed by atoms with Gasteiger partial charge in [-0.3, -0.25) is 0 Å². The molecule has 0 saturated heterocycles. The Morgan fingerprint density at radius 3 is 1.25 bits per heavy atom. The monoisotopic (exact) mass is 238 g/mol. The summed E-state index contributed by atoms with van der Waals surface area (Å²) in [6.45, 7) is 12.8. The number of rotatable bonds is 4. The van der Waals surface area contributed by atoms with Crippen molar-refractivity contribution < 1.29 is 13.2 Å². The molecule has 0 aliphatic heterocycles. The lowest BCUT2D eigenvalue weighted by Crippen LogP contribution is -2.43. The Hall–Kier alpha value is -0.210. The van der Waals surface area contributed by atoms with Crippen molar-refractivity contribution >= 4 is 0 Å². The van der Waals surface area contributed by atoms with Crippen molar-refractivity contribution in [3.05, 3.63) is 0 Å². The zero-order valence-corrected chi connectivity index (χ0v) is 11.4. The Morgan fingerprint density at radius 2 is 1.06 bits per heavy atom. The lowest BCUT2D eigenvalue weighted by molar-refractivity contribution is -0.209. The molecule has 0 fully saturated rings. The van der Waals surface area contributed by atoms with Crippen molar-refractivity contribution in [2.45, 2.75) is 54.6 Å². The number of hydrogen-bond donors (Lipinski definition) is 0. The third-order valence-electron chi connectivity index (χ3n) is 3.90. The molecule has 3 heteroatoms. The molecule has 0 radical (unpaired) electrons. The van der Waals surface area contributed by atoms with Crippen LogP contribution in [0.3, 0.4) is 0 Å². The van der Waals surface area contributed by atoms with E-state index in [1.54, 1.807) is 13.8 Å². The van der Waals surface area contributed by atoms with E-state index in [4.69, 9.17) is 0 Å². The fourth-order valence-corrected chi connectivity index (χ4v) is 3.20. The van der Waals surface area contributed by atoms with Crippen molar-refractivity contribution in [2.24, 2.45) is 29.1 Å². The first-order valence-corrected chi connectivity index (χ1v) is 5.99. The molecular formula is C13H25F3. The molecule has 0 bridgehead atoms. The second-order valence-electron chi connectivity index (χ2n) is 6.10. The topological polar surface area (TPSA) is 0 Å². The van der Waals surface area contributed by atoms with Gasteiger partial charge in [-0.2, -0.15) is 13.2 Å². The van der Waals surface area contributed by atoms with Crippen LogP contribution in [0.2, 0.25) is 0 Å². The second-order valence-corrected chi connectivity index (χ2v) is 6.10. The van der Waals surface area contributed by atoms with Crippen LogP contribution in [0.4, 0.5) is 13.2 Å². The molecule has 0 aromatic rings. The van der Waals surface area contributed by atoms with Gasteiger partial charge in [0.1, 0.15) is 0 Å². The average molecular weight is 238 g/mol. The van der Waals surface area contributed by atoms with Gasteiger partial charge in [-0.25, -0.2) is 0 Å². The molecule has 0 aromatic heterocycles. The second kappa shape index (κ2) is 4.97. The smallest absolute Gasteiger partial charge is 0.171 e. The molecule has 0 N–H and O–H groups in total. The van der Waals surface area contributed by atoms with Crippen LogP contribution in [-0.2, 0) is 0 Å². The highest BCUT2D eigenvalue weighted by Gasteiger charge is 2.50. The van der Waals surface area contributed by atoms with Crippen LogP contribution in [0.15, 0.2) is 0 Å². The Labute approximate surface area is 97.6 Å². The van der Waals surface area contributed by atoms with Gasteiger partial charge < -0.3 is 0 Å². The van der Waals surface area contributed by atoms with Gasteiger partial charge in [-0.05, 0) is 23.2 Å². The van der Waals surface area contributed by atoms with Crippen molar-refractivity contribution in [3.8, 4) is 0 Å². The van der Waals surface area contributed by atoms with E-state index in [1.165, 1.54) is 6.92 Å². The Kier molecular flexibility index (Phi) is 4.90. The van der Waals surface area contributed by atoms with Crippen LogP contribution in [0.5, 0.6) is 0 Å². The van der Waals surface area contributed by atoms with E-state index >= 15 is 0 Å². The minimum atomic E-state index is -4.11. The predicted octanol–water partition coefficient (Wildman–Crippen LogP) is 5.14. The van der Waals surface area contributed by atoms with Gasteiger partial charge in [0, 0.05) is 0 Å². The largest absolute Gasteiger partial charge is 0.392 e. The fraction of sp³-hybridized carbons (Fsp3) is 1.00. The highest BCUT2D eigenvalue weighted by molar-refractivity contribution is 4.89. The van der Waals surface area contributed by atoms with Crippen molar-refractivity contribution in [1.29, 1.82) is 0 Å². The first kappa shape index (κ1) is 15.8. The zero-order valence-electron chi connectivity index (χ0n) is 11.4. The predicted molar refractivity (Wildman–Crippen MR) is 62.2 cm³/mol. The van der Waals surface area contributed by atoms with Gasteiger partial charge >= 0.3 is 6.18 Å². The van der Waals surface area contributed by atoms with Crippen LogP contribution >= 0.6 is 0 Å². The minimum Gasteiger partial charge on any atom is -0.171 e. The van der Waals surface area contributed by atoms with E-state index in [1.807, 2.05) is 27.7 Å². The average Bonchev–Trinajstić information content (AvgIpc) is 1.98. The van der Waals surface area contributed by atoms with E-state index in [0.29, 0.717) is 0 Å². The van der Waals surface area contributed by atoms with Gasteiger partial charge in [-0.15, -0.1) is 0 Å². The summed E-state index contributed by atoms with van der Waals surface area (Å²) in [7, 11) is 0. The van der Waals surface area contributed by atoms with E-state index in [0.717, 1.165) is 0 Å². The Morgan fingerprint density at radius 1 is 0.750 bits per heavy atom. The van der Waals surface area contributed by atoms with Gasteiger partial charge in [0.25, 0.3) is 0 Å². The third-order valence-corrected chi connectivity index (χ3v) is 3.90. The van der Waals surface area contributed by atoms with Gasteiger partial charge in [0.05, 0.1) is 5.92 Å².